The summed E-state index contributed by atoms with van der Waals surface area (Å²) in [7, 11) is -3.73. The number of rotatable bonds is 7. The summed E-state index contributed by atoms with van der Waals surface area (Å²) in [5.41, 5.74) is 0.264. The van der Waals surface area contributed by atoms with Crippen LogP contribution in [0.15, 0.2) is 60.0 Å². The van der Waals surface area contributed by atoms with E-state index in [2.05, 4.69) is 11.3 Å². The second kappa shape index (κ2) is 9.36. The number of nitrogens with zero attached hydrogens (tertiary/aromatic N) is 1. The third-order valence-electron chi connectivity index (χ3n) is 4.73. The Morgan fingerprint density at radius 1 is 1.20 bits per heavy atom. The van der Waals surface area contributed by atoms with Crippen molar-refractivity contribution in [3.05, 3.63) is 72.3 Å². The maximum absolute atomic E-state index is 13.8. The zero-order valence-electron chi connectivity index (χ0n) is 16.2. The minimum absolute atomic E-state index is 0.000189. The average molecular weight is 436 g/mol. The van der Waals surface area contributed by atoms with Crippen LogP contribution in [0.2, 0.25) is 0 Å². The Morgan fingerprint density at radius 2 is 1.93 bits per heavy atom. The summed E-state index contributed by atoms with van der Waals surface area (Å²) < 4.78 is 59.2. The number of ether oxygens (including phenoxy) is 1. The highest BCUT2D eigenvalue weighted by Gasteiger charge is 2.26. The number of hydrogen-bond donors (Lipinski definition) is 1. The molecule has 2 aromatic rings. The van der Waals surface area contributed by atoms with E-state index >= 15 is 0 Å². The monoisotopic (exact) mass is 436 g/mol. The highest BCUT2D eigenvalue weighted by molar-refractivity contribution is 7.89. The van der Waals surface area contributed by atoms with Crippen molar-refractivity contribution >= 4 is 15.9 Å². The van der Waals surface area contributed by atoms with E-state index in [1.807, 2.05) is 0 Å². The molecule has 0 spiro atoms. The van der Waals surface area contributed by atoms with E-state index in [1.165, 1.54) is 30.3 Å². The van der Waals surface area contributed by atoms with Crippen LogP contribution in [0.25, 0.3) is 0 Å². The topological polar surface area (TPSA) is 75.7 Å². The van der Waals surface area contributed by atoms with Crippen LogP contribution in [-0.2, 0) is 10.0 Å². The molecule has 160 valence electrons. The lowest BCUT2D eigenvalue weighted by Crippen LogP contribution is -2.41. The lowest BCUT2D eigenvalue weighted by molar-refractivity contribution is 0.0588. The molecule has 6 nitrogen and oxygen atoms in total. The molecule has 1 saturated heterocycles. The van der Waals surface area contributed by atoms with E-state index in [1.54, 1.807) is 11.0 Å². The van der Waals surface area contributed by atoms with Gasteiger partial charge in [0.25, 0.3) is 5.91 Å². The van der Waals surface area contributed by atoms with Gasteiger partial charge in [-0.25, -0.2) is 21.9 Å². The standard InChI is InChI=1S/C21H22F2N2O4S/c1-2-10-24-30(27,28)18-5-3-4-15(13-18)21(26)25-11-8-17(9-12-25)29-20-7-6-16(22)14-19(20)23/h2-7,13-14,17,24H,1,8-12H2. The van der Waals surface area contributed by atoms with Crippen LogP contribution in [0.3, 0.4) is 0 Å². The van der Waals surface area contributed by atoms with Crippen LogP contribution >= 0.6 is 0 Å². The van der Waals surface area contributed by atoms with Gasteiger partial charge in [-0.2, -0.15) is 0 Å². The Hall–Kier alpha value is -2.78. The molecule has 0 radical (unpaired) electrons. The normalized spacial score (nSPS) is 15.1. The molecule has 1 aliphatic heterocycles. The van der Waals surface area contributed by atoms with Gasteiger partial charge in [-0.15, -0.1) is 6.58 Å². The summed E-state index contributed by atoms with van der Waals surface area (Å²) in [4.78, 5) is 14.4. The first-order valence-corrected chi connectivity index (χ1v) is 10.9. The first-order chi connectivity index (χ1) is 14.3. The quantitative estimate of drug-likeness (QED) is 0.677. The first-order valence-electron chi connectivity index (χ1n) is 9.42. The Labute approximate surface area is 174 Å². The predicted octanol–water partition coefficient (Wildman–Crippen LogP) is 3.11. The molecule has 1 heterocycles. The summed E-state index contributed by atoms with van der Waals surface area (Å²) in [5.74, 6) is -1.76. The highest BCUT2D eigenvalue weighted by Crippen LogP contribution is 2.24. The van der Waals surface area contributed by atoms with E-state index in [4.69, 9.17) is 4.74 Å². The molecule has 0 aliphatic carbocycles. The molecular weight excluding hydrogens is 414 g/mol. The van der Waals surface area contributed by atoms with E-state index in [0.29, 0.717) is 25.9 Å². The number of carbonyl (C=O) groups is 1. The van der Waals surface area contributed by atoms with Gasteiger partial charge in [0.05, 0.1) is 4.90 Å². The van der Waals surface area contributed by atoms with Crippen molar-refractivity contribution in [1.29, 1.82) is 0 Å². The summed E-state index contributed by atoms with van der Waals surface area (Å²) in [5, 5.41) is 0. The van der Waals surface area contributed by atoms with Crippen molar-refractivity contribution in [3.8, 4) is 5.75 Å². The molecule has 0 saturated carbocycles. The van der Waals surface area contributed by atoms with Gasteiger partial charge in [0, 0.05) is 44.1 Å². The SMILES string of the molecule is C=CCNS(=O)(=O)c1cccc(C(=O)N2CCC(Oc3ccc(F)cc3F)CC2)c1. The molecule has 1 aliphatic rings. The average Bonchev–Trinajstić information content (AvgIpc) is 2.74. The second-order valence-electron chi connectivity index (χ2n) is 6.85. The Balaban J connectivity index is 1.62. The fraction of sp³-hybridized carbons (Fsp3) is 0.286. The van der Waals surface area contributed by atoms with Crippen molar-refractivity contribution in [3.63, 3.8) is 0 Å². The molecule has 0 atom stereocenters. The van der Waals surface area contributed by atoms with E-state index in [9.17, 15) is 22.0 Å². The number of sulfonamides is 1. The van der Waals surface area contributed by atoms with Crippen LogP contribution in [-0.4, -0.2) is 45.0 Å². The first kappa shape index (κ1) is 21.9. The second-order valence-corrected chi connectivity index (χ2v) is 8.62. The molecule has 0 bridgehead atoms. The number of nitrogens with one attached hydrogen (secondary N) is 1. The lowest BCUT2D eigenvalue weighted by Gasteiger charge is -2.32. The number of piperidine rings is 1. The Kier molecular flexibility index (Phi) is 6.84. The molecular formula is C21H22F2N2O4S. The van der Waals surface area contributed by atoms with Crippen LogP contribution in [0.4, 0.5) is 8.78 Å². The lowest BCUT2D eigenvalue weighted by atomic mass is 10.1. The Bertz CT molecular complexity index is 1040. The molecule has 9 heteroatoms. The van der Waals surface area contributed by atoms with Gasteiger partial charge in [0.2, 0.25) is 10.0 Å². The molecule has 1 N–H and O–H groups in total. The summed E-state index contributed by atoms with van der Waals surface area (Å²) >= 11 is 0. The summed E-state index contributed by atoms with van der Waals surface area (Å²) in [6.07, 6.45) is 2.07. The van der Waals surface area contributed by atoms with Crippen LogP contribution in [0.5, 0.6) is 5.75 Å². The molecule has 1 fully saturated rings. The van der Waals surface area contributed by atoms with Crippen molar-refractivity contribution in [1.82, 2.24) is 9.62 Å². The van der Waals surface area contributed by atoms with Gasteiger partial charge in [0.15, 0.2) is 11.6 Å². The fourth-order valence-electron chi connectivity index (χ4n) is 3.16. The van der Waals surface area contributed by atoms with E-state index in [-0.39, 0.29) is 34.8 Å². The summed E-state index contributed by atoms with van der Waals surface area (Å²) in [6.45, 7) is 4.30. The number of hydrogen-bond acceptors (Lipinski definition) is 4. The number of halogens is 2. The molecule has 1 amide bonds. The largest absolute Gasteiger partial charge is 0.487 e. The van der Waals surface area contributed by atoms with Crippen molar-refractivity contribution in [2.45, 2.75) is 23.8 Å². The molecule has 30 heavy (non-hydrogen) atoms. The molecule has 3 rings (SSSR count). The maximum atomic E-state index is 13.8. The Morgan fingerprint density at radius 3 is 2.60 bits per heavy atom. The van der Waals surface area contributed by atoms with Crippen molar-refractivity contribution in [2.75, 3.05) is 19.6 Å². The summed E-state index contributed by atoms with van der Waals surface area (Å²) in [6, 6.07) is 8.97. The van der Waals surface area contributed by atoms with Crippen LogP contribution < -0.4 is 9.46 Å². The predicted molar refractivity (Wildman–Crippen MR) is 108 cm³/mol. The molecule has 2 aromatic carbocycles. The minimum atomic E-state index is -3.73. The van der Waals surface area contributed by atoms with Gasteiger partial charge in [-0.05, 0) is 30.3 Å². The van der Waals surface area contributed by atoms with E-state index < -0.39 is 21.7 Å². The fourth-order valence-corrected chi connectivity index (χ4v) is 4.20. The minimum Gasteiger partial charge on any atom is -0.487 e. The third kappa shape index (κ3) is 5.22. The smallest absolute Gasteiger partial charge is 0.253 e. The third-order valence-corrected chi connectivity index (χ3v) is 6.15. The van der Waals surface area contributed by atoms with Gasteiger partial charge >= 0.3 is 0 Å². The van der Waals surface area contributed by atoms with Crippen LogP contribution in [0, 0.1) is 11.6 Å². The van der Waals surface area contributed by atoms with Gasteiger partial charge in [-0.3, -0.25) is 4.79 Å². The number of carbonyl (C=O) groups excluding carboxylic acids is 1. The van der Waals surface area contributed by atoms with Crippen molar-refractivity contribution < 1.29 is 26.7 Å². The van der Waals surface area contributed by atoms with Crippen LogP contribution in [0.1, 0.15) is 23.2 Å². The maximum Gasteiger partial charge on any atom is 0.253 e. The zero-order valence-corrected chi connectivity index (χ0v) is 17.0. The number of amides is 1. The van der Waals surface area contributed by atoms with E-state index in [0.717, 1.165) is 12.1 Å². The molecule has 0 aromatic heterocycles. The van der Waals surface area contributed by atoms with Crippen molar-refractivity contribution in [2.24, 2.45) is 0 Å². The zero-order chi connectivity index (χ0) is 21.7. The van der Waals surface area contributed by atoms with Gasteiger partial charge < -0.3 is 9.64 Å². The van der Waals surface area contributed by atoms with Gasteiger partial charge in [-0.1, -0.05) is 12.1 Å². The number of benzene rings is 2. The highest BCUT2D eigenvalue weighted by atomic mass is 32.2. The number of likely N-dealkylation sites (tertiary alicyclic amines) is 1. The van der Waals surface area contributed by atoms with Gasteiger partial charge in [0.1, 0.15) is 11.9 Å². The molecule has 0 unspecified atom stereocenters.